The zero-order valence-corrected chi connectivity index (χ0v) is 38.0. The van der Waals surface area contributed by atoms with E-state index in [-0.39, 0.29) is 32.1 Å². The van der Waals surface area contributed by atoms with Gasteiger partial charge in [0.2, 0.25) is 0 Å². The van der Waals surface area contributed by atoms with Crippen molar-refractivity contribution in [2.45, 2.75) is 78.1 Å². The van der Waals surface area contributed by atoms with E-state index in [1.54, 1.807) is 30.5 Å². The van der Waals surface area contributed by atoms with Gasteiger partial charge in [0.05, 0.1) is 16.6 Å². The summed E-state index contributed by atoms with van der Waals surface area (Å²) < 4.78 is 159. The summed E-state index contributed by atoms with van der Waals surface area (Å²) in [5, 5.41) is 13.0. The second kappa shape index (κ2) is 17.6. The second-order valence-electron chi connectivity index (χ2n) is 17.1. The molecule has 0 fully saturated rings. The van der Waals surface area contributed by atoms with E-state index in [1.165, 1.54) is 4.57 Å². The minimum atomic E-state index is -4.14. The summed E-state index contributed by atoms with van der Waals surface area (Å²) in [5.41, 5.74) is -3.73. The number of fused-ring (bicyclic) bond motifs is 1. The Labute approximate surface area is 424 Å². The Hall–Kier alpha value is -6.35. The van der Waals surface area contributed by atoms with Crippen LogP contribution in [0.3, 0.4) is 0 Å². The molecule has 65 heavy (non-hydrogen) atoms. The van der Waals surface area contributed by atoms with E-state index in [0.717, 1.165) is 45.0 Å². The molecule has 0 saturated heterocycles. The van der Waals surface area contributed by atoms with Crippen LogP contribution in [0.5, 0.6) is 5.75 Å². The van der Waals surface area contributed by atoms with Crippen LogP contribution >= 0.6 is 0 Å². The SMILES string of the molecule is [2H]C([2H])([2H])C(c1cc(-c2nc3c(-c4[c-]c(-c5cc(-c6ccccc6)ccn5)cc(-c5ccccc5)c4)cccc3n2-c2ccc(-c3ccccc3)c(C(C)(C)C)c2)c(O)c(C(C([2H])([2H])[2H])(C([2H])([2H])[2H])C([2H])([2H])[2H])c1)(C([2H])([2H])[2H])C([2H])([2H])[2H].[Pt]. The summed E-state index contributed by atoms with van der Waals surface area (Å²) in [4.78, 5) is 9.94. The van der Waals surface area contributed by atoms with Gasteiger partial charge in [-0.05, 0) is 85.5 Å². The van der Waals surface area contributed by atoms with E-state index in [0.29, 0.717) is 34.1 Å². The number of aromatic nitrogens is 3. The van der Waals surface area contributed by atoms with Crippen LogP contribution in [0.2, 0.25) is 0 Å². The first-order valence-electron chi connectivity index (χ1n) is 29.8. The third-order valence-electron chi connectivity index (χ3n) is 11.4. The van der Waals surface area contributed by atoms with Gasteiger partial charge in [0.1, 0.15) is 11.6 Å². The Morgan fingerprint density at radius 3 is 1.80 bits per heavy atom. The van der Waals surface area contributed by atoms with Gasteiger partial charge in [0.25, 0.3) is 0 Å². The largest absolute Gasteiger partial charge is 0.507 e. The molecule has 5 heteroatoms. The van der Waals surface area contributed by atoms with E-state index in [1.807, 2.05) is 148 Å². The number of phenols is 1. The van der Waals surface area contributed by atoms with Crippen LogP contribution in [-0.2, 0) is 37.3 Å². The number of rotatable bonds is 7. The van der Waals surface area contributed by atoms with E-state index >= 15 is 0 Å². The molecular weight excluding hydrogens is 974 g/mol. The number of nitrogens with zero attached hydrogens (tertiary/aromatic N) is 3. The maximum Gasteiger partial charge on any atom is 0.148 e. The molecule has 0 bridgehead atoms. The summed E-state index contributed by atoms with van der Waals surface area (Å²) in [6.07, 6.45) is 1.69. The van der Waals surface area contributed by atoms with Crippen molar-refractivity contribution in [3.05, 3.63) is 193 Å². The van der Waals surface area contributed by atoms with Gasteiger partial charge in [0, 0.05) is 68.9 Å². The van der Waals surface area contributed by atoms with Crippen LogP contribution < -0.4 is 0 Å². The Morgan fingerprint density at radius 2 is 1.15 bits per heavy atom. The van der Waals surface area contributed by atoms with Crippen LogP contribution in [0.25, 0.3) is 83.9 Å². The first-order chi connectivity index (χ1) is 38.0. The maximum absolute atomic E-state index is 13.0. The smallest absolute Gasteiger partial charge is 0.148 e. The molecule has 2 aromatic heterocycles. The number of hydrogen-bond acceptors (Lipinski definition) is 3. The Balaban J connectivity index is 0.00000900. The van der Waals surface area contributed by atoms with Gasteiger partial charge >= 0.3 is 0 Å². The van der Waals surface area contributed by atoms with E-state index in [2.05, 4.69) is 6.07 Å². The molecule has 0 amide bonds. The Kier molecular flexibility index (Phi) is 7.52. The molecule has 0 radical (unpaired) electrons. The number of aromatic hydroxyl groups is 1. The molecule has 9 aromatic rings. The normalized spacial score (nSPS) is 17.3. The summed E-state index contributed by atoms with van der Waals surface area (Å²) in [7, 11) is 0. The van der Waals surface area contributed by atoms with Crippen molar-refractivity contribution in [3.63, 3.8) is 0 Å². The van der Waals surface area contributed by atoms with E-state index in [9.17, 15) is 5.11 Å². The molecule has 0 aliphatic rings. The summed E-state index contributed by atoms with van der Waals surface area (Å²) in [5.74, 6) is -1.78. The predicted octanol–water partition coefficient (Wildman–Crippen LogP) is 15.8. The molecule has 9 rings (SSSR count). The van der Waals surface area contributed by atoms with Gasteiger partial charge in [-0.15, -0.1) is 23.8 Å². The van der Waals surface area contributed by atoms with Crippen molar-refractivity contribution in [1.82, 2.24) is 14.5 Å². The minimum Gasteiger partial charge on any atom is -0.507 e. The predicted molar refractivity (Wildman–Crippen MR) is 268 cm³/mol. The molecule has 0 atom stereocenters. The average Bonchev–Trinajstić information content (AvgIpc) is 1.54. The molecule has 0 aliphatic heterocycles. The number of hydrogen-bond donors (Lipinski definition) is 1. The number of benzene rings is 7. The molecule has 1 N–H and O–H groups in total. The first kappa shape index (κ1) is 27.9. The second-order valence-corrected chi connectivity index (χ2v) is 17.1. The molecule has 2 heterocycles. The van der Waals surface area contributed by atoms with Crippen LogP contribution in [0.4, 0.5) is 0 Å². The van der Waals surface area contributed by atoms with Crippen molar-refractivity contribution in [3.8, 4) is 78.6 Å². The van der Waals surface area contributed by atoms with Gasteiger partial charge in [-0.2, -0.15) is 0 Å². The van der Waals surface area contributed by atoms with Crippen molar-refractivity contribution in [1.29, 1.82) is 0 Å². The summed E-state index contributed by atoms with van der Waals surface area (Å²) >= 11 is 0. The number of para-hydroxylation sites is 1. The van der Waals surface area contributed by atoms with Crippen molar-refractivity contribution >= 4 is 11.0 Å². The minimum absolute atomic E-state index is 0. The van der Waals surface area contributed by atoms with Crippen molar-refractivity contribution in [2.24, 2.45) is 0 Å². The maximum atomic E-state index is 13.0. The van der Waals surface area contributed by atoms with Gasteiger partial charge in [0.15, 0.2) is 0 Å². The molecule has 0 saturated carbocycles. The van der Waals surface area contributed by atoms with E-state index in [4.69, 9.17) is 34.6 Å². The van der Waals surface area contributed by atoms with Gasteiger partial charge in [-0.25, -0.2) is 4.98 Å². The zero-order valence-electron chi connectivity index (χ0n) is 53.8. The zero-order chi connectivity index (χ0) is 60.0. The third-order valence-corrected chi connectivity index (χ3v) is 11.4. The van der Waals surface area contributed by atoms with Gasteiger partial charge in [-0.3, -0.25) is 9.55 Å². The van der Waals surface area contributed by atoms with Crippen LogP contribution in [0, 0.1) is 6.07 Å². The summed E-state index contributed by atoms with van der Waals surface area (Å²) in [6, 6.07) is 51.5. The topological polar surface area (TPSA) is 50.9 Å². The Morgan fingerprint density at radius 1 is 0.523 bits per heavy atom. The fourth-order valence-corrected chi connectivity index (χ4v) is 8.27. The molecular formula is C60H56N3OPt-. The Bertz CT molecular complexity index is 3770. The standard InChI is InChI=1S/C60H56N3O.Pt/c1-58(2,3)46-36-50(56(64)52(37-46)60(7,8)9)57-62-55-49(26-19-27-54(55)63(57)47-28-29-48(41-24-17-12-18-25-41)51(38-47)59(4,5)6)44-32-43(40-22-15-11-16-23-40)33-45(34-44)53-35-42(30-31-61-53)39-20-13-10-14-21-39;/h10-33,35-38,64H,1-9H3;/q-1;/i1D3,2D3,3D3,7D3,8D3,9D3;. The van der Waals surface area contributed by atoms with Crippen molar-refractivity contribution < 1.29 is 50.8 Å². The molecule has 328 valence electrons. The molecule has 4 nitrogen and oxygen atoms in total. The van der Waals surface area contributed by atoms with Crippen LogP contribution in [-0.4, -0.2) is 19.6 Å². The number of pyridine rings is 1. The fourth-order valence-electron chi connectivity index (χ4n) is 8.27. The number of imidazole rings is 1. The number of phenolic OH excluding ortho intramolecular Hbond substituents is 1. The molecule has 0 spiro atoms. The third kappa shape index (κ3) is 9.02. The first-order valence-corrected chi connectivity index (χ1v) is 20.8. The van der Waals surface area contributed by atoms with Gasteiger partial charge in [-0.1, -0.05) is 200 Å². The molecule has 0 aliphatic carbocycles. The van der Waals surface area contributed by atoms with Crippen molar-refractivity contribution in [2.75, 3.05) is 0 Å². The van der Waals surface area contributed by atoms with Crippen LogP contribution in [0.1, 0.15) is 103 Å². The van der Waals surface area contributed by atoms with E-state index < -0.39 is 85.6 Å². The fraction of sp³-hybridized carbons (Fsp3) is 0.200. The van der Waals surface area contributed by atoms with Gasteiger partial charge < -0.3 is 5.11 Å². The average molecular weight is 1050 g/mol. The van der Waals surface area contributed by atoms with Crippen LogP contribution in [0.15, 0.2) is 170 Å². The summed E-state index contributed by atoms with van der Waals surface area (Å²) in [6.45, 7) is -18.6. The molecule has 0 unspecified atom stereocenters. The molecule has 7 aromatic carbocycles. The quantitative estimate of drug-likeness (QED) is 0.162. The monoisotopic (exact) mass is 1050 g/mol.